The minimum atomic E-state index is -4.45. The van der Waals surface area contributed by atoms with Crippen LogP contribution in [0, 0.1) is 0 Å². The number of nitrogens with one attached hydrogen (secondary N) is 2. The summed E-state index contributed by atoms with van der Waals surface area (Å²) in [7, 11) is 0. The number of halogens is 3. The number of rotatable bonds is 6. The summed E-state index contributed by atoms with van der Waals surface area (Å²) in [6.45, 7) is 0.806. The Morgan fingerprint density at radius 1 is 1.20 bits per heavy atom. The molecule has 0 radical (unpaired) electrons. The highest BCUT2D eigenvalue weighted by Gasteiger charge is 2.37. The Bertz CT molecular complexity index is 723. The quantitative estimate of drug-likeness (QED) is 0.838. The molecule has 0 bridgehead atoms. The van der Waals surface area contributed by atoms with Crippen molar-refractivity contribution >= 4 is 6.03 Å². The van der Waals surface area contributed by atoms with E-state index in [-0.39, 0.29) is 25.0 Å². The number of hydrogen-bond acceptors (Lipinski definition) is 2. The van der Waals surface area contributed by atoms with Gasteiger partial charge in [0.15, 0.2) is 5.69 Å². The number of aromatic nitrogens is 2. The second-order valence-corrected chi connectivity index (χ2v) is 6.04. The number of benzene rings is 1. The lowest BCUT2D eigenvalue weighted by atomic mass is 10.2. The average Bonchev–Trinajstić information content (AvgIpc) is 3.33. The minimum Gasteiger partial charge on any atom is -0.336 e. The molecule has 2 amide bonds. The van der Waals surface area contributed by atoms with Gasteiger partial charge in [-0.2, -0.15) is 18.3 Å². The lowest BCUT2D eigenvalue weighted by Crippen LogP contribution is -2.37. The lowest BCUT2D eigenvalue weighted by molar-refractivity contribution is -0.141. The summed E-state index contributed by atoms with van der Waals surface area (Å²) in [5.41, 5.74) is 0.692. The molecule has 25 heavy (non-hydrogen) atoms. The largest absolute Gasteiger partial charge is 0.435 e. The molecule has 8 heteroatoms. The fourth-order valence-corrected chi connectivity index (χ4v) is 2.57. The van der Waals surface area contributed by atoms with E-state index in [0.29, 0.717) is 12.2 Å². The number of urea groups is 1. The van der Waals surface area contributed by atoms with Crippen LogP contribution in [-0.4, -0.2) is 22.4 Å². The van der Waals surface area contributed by atoms with Crippen LogP contribution in [0.2, 0.25) is 0 Å². The number of carbonyl (C=O) groups excluding carboxylic acids is 1. The smallest absolute Gasteiger partial charge is 0.336 e. The lowest BCUT2D eigenvalue weighted by Gasteiger charge is -2.09. The second-order valence-electron chi connectivity index (χ2n) is 6.04. The number of amides is 2. The van der Waals surface area contributed by atoms with Crippen LogP contribution < -0.4 is 10.6 Å². The molecule has 0 saturated heterocycles. The summed E-state index contributed by atoms with van der Waals surface area (Å²) < 4.78 is 39.8. The highest BCUT2D eigenvalue weighted by molar-refractivity contribution is 5.73. The van der Waals surface area contributed by atoms with Gasteiger partial charge in [0.2, 0.25) is 0 Å². The number of alkyl halides is 3. The monoisotopic (exact) mass is 352 g/mol. The molecule has 2 N–H and O–H groups in total. The van der Waals surface area contributed by atoms with Crippen LogP contribution in [0.15, 0.2) is 36.4 Å². The Hall–Kier alpha value is -2.51. The van der Waals surface area contributed by atoms with Crippen LogP contribution in [0.3, 0.4) is 0 Å². The number of carbonyl (C=O) groups is 1. The van der Waals surface area contributed by atoms with Crippen molar-refractivity contribution in [3.63, 3.8) is 0 Å². The van der Waals surface area contributed by atoms with Gasteiger partial charge in [-0.3, -0.25) is 4.68 Å². The van der Waals surface area contributed by atoms with Gasteiger partial charge in [0.25, 0.3) is 0 Å². The van der Waals surface area contributed by atoms with Crippen LogP contribution in [0.1, 0.15) is 35.7 Å². The van der Waals surface area contributed by atoms with E-state index in [1.165, 1.54) is 4.68 Å². The van der Waals surface area contributed by atoms with Crippen LogP contribution in [-0.2, 0) is 19.3 Å². The van der Waals surface area contributed by atoms with Crippen molar-refractivity contribution in [1.82, 2.24) is 20.4 Å². The molecule has 1 aromatic carbocycles. The van der Waals surface area contributed by atoms with Crippen molar-refractivity contribution in [2.75, 3.05) is 6.54 Å². The topological polar surface area (TPSA) is 59.0 Å². The van der Waals surface area contributed by atoms with Crippen molar-refractivity contribution < 1.29 is 18.0 Å². The molecule has 1 fully saturated rings. The standard InChI is InChI=1S/C17H19F3N4O/c18-17(19,20)15-10-14(13-6-7-13)24(23-15)9-8-21-16(25)22-11-12-4-2-1-3-5-12/h1-5,10,13H,6-9,11H2,(H2,21,22,25). The SMILES string of the molecule is O=C(NCCn1nc(C(F)(F)F)cc1C1CC1)NCc1ccccc1. The van der Waals surface area contributed by atoms with Crippen molar-refractivity contribution in [3.05, 3.63) is 53.3 Å². The molecule has 1 aromatic heterocycles. The zero-order chi connectivity index (χ0) is 17.9. The first-order chi connectivity index (χ1) is 11.9. The van der Waals surface area contributed by atoms with E-state index < -0.39 is 11.9 Å². The molecular weight excluding hydrogens is 333 g/mol. The predicted molar refractivity (Wildman–Crippen MR) is 85.9 cm³/mol. The maximum absolute atomic E-state index is 12.8. The Morgan fingerprint density at radius 3 is 2.56 bits per heavy atom. The third-order valence-electron chi connectivity index (χ3n) is 4.00. The van der Waals surface area contributed by atoms with Gasteiger partial charge >= 0.3 is 12.2 Å². The maximum Gasteiger partial charge on any atom is 0.435 e. The van der Waals surface area contributed by atoms with Crippen LogP contribution in [0.5, 0.6) is 0 Å². The van der Waals surface area contributed by atoms with Gasteiger partial charge in [0.05, 0.1) is 6.54 Å². The molecule has 1 heterocycles. The number of hydrogen-bond donors (Lipinski definition) is 2. The minimum absolute atomic E-state index is 0.149. The Morgan fingerprint density at radius 2 is 1.92 bits per heavy atom. The molecule has 1 aliphatic carbocycles. The van der Waals surface area contributed by atoms with Crippen molar-refractivity contribution in [1.29, 1.82) is 0 Å². The molecule has 0 spiro atoms. The third-order valence-corrected chi connectivity index (χ3v) is 4.00. The van der Waals surface area contributed by atoms with Gasteiger partial charge in [-0.25, -0.2) is 4.79 Å². The van der Waals surface area contributed by atoms with Gasteiger partial charge < -0.3 is 10.6 Å². The van der Waals surface area contributed by atoms with E-state index in [4.69, 9.17) is 0 Å². The molecule has 134 valence electrons. The van der Waals surface area contributed by atoms with Gasteiger partial charge in [-0.05, 0) is 24.5 Å². The third kappa shape index (κ3) is 4.74. The van der Waals surface area contributed by atoms with E-state index in [9.17, 15) is 18.0 Å². The Kier molecular flexibility index (Phi) is 4.96. The van der Waals surface area contributed by atoms with E-state index in [1.54, 1.807) is 0 Å². The first-order valence-corrected chi connectivity index (χ1v) is 8.14. The summed E-state index contributed by atoms with van der Waals surface area (Å²) >= 11 is 0. The highest BCUT2D eigenvalue weighted by Crippen LogP contribution is 2.42. The van der Waals surface area contributed by atoms with Gasteiger partial charge in [-0.1, -0.05) is 30.3 Å². The van der Waals surface area contributed by atoms with Crippen molar-refractivity contribution in [2.45, 2.75) is 38.0 Å². The predicted octanol–water partition coefficient (Wildman–Crippen LogP) is 3.28. The highest BCUT2D eigenvalue weighted by atomic mass is 19.4. The molecule has 5 nitrogen and oxygen atoms in total. The van der Waals surface area contributed by atoms with E-state index in [0.717, 1.165) is 24.5 Å². The maximum atomic E-state index is 12.8. The van der Waals surface area contributed by atoms with Gasteiger partial charge in [0, 0.05) is 24.7 Å². The van der Waals surface area contributed by atoms with Gasteiger partial charge in [-0.15, -0.1) is 0 Å². The van der Waals surface area contributed by atoms with E-state index in [1.807, 2.05) is 30.3 Å². The Labute approximate surface area is 143 Å². The van der Waals surface area contributed by atoms with Crippen LogP contribution >= 0.6 is 0 Å². The molecule has 2 aromatic rings. The summed E-state index contributed by atoms with van der Waals surface area (Å²) in [6.07, 6.45) is -2.68. The first kappa shape index (κ1) is 17.3. The Balaban J connectivity index is 1.50. The molecule has 3 rings (SSSR count). The van der Waals surface area contributed by atoms with Crippen LogP contribution in [0.4, 0.5) is 18.0 Å². The van der Waals surface area contributed by atoms with Crippen molar-refractivity contribution in [2.24, 2.45) is 0 Å². The molecular formula is C17H19F3N4O. The second kappa shape index (κ2) is 7.16. The molecule has 1 aliphatic rings. The normalized spacial score (nSPS) is 14.4. The zero-order valence-corrected chi connectivity index (χ0v) is 13.5. The van der Waals surface area contributed by atoms with Crippen LogP contribution in [0.25, 0.3) is 0 Å². The van der Waals surface area contributed by atoms with Crippen molar-refractivity contribution in [3.8, 4) is 0 Å². The van der Waals surface area contributed by atoms with E-state index >= 15 is 0 Å². The molecule has 0 aliphatic heterocycles. The summed E-state index contributed by atoms with van der Waals surface area (Å²) in [5.74, 6) is 0.149. The first-order valence-electron chi connectivity index (χ1n) is 8.14. The fourth-order valence-electron chi connectivity index (χ4n) is 2.57. The number of nitrogens with zero attached hydrogens (tertiary/aromatic N) is 2. The molecule has 0 atom stereocenters. The summed E-state index contributed by atoms with van der Waals surface area (Å²) in [5, 5.41) is 9.00. The summed E-state index contributed by atoms with van der Waals surface area (Å²) in [4.78, 5) is 11.8. The zero-order valence-electron chi connectivity index (χ0n) is 13.5. The molecule has 1 saturated carbocycles. The fraction of sp³-hybridized carbons (Fsp3) is 0.412. The van der Waals surface area contributed by atoms with E-state index in [2.05, 4.69) is 15.7 Å². The average molecular weight is 352 g/mol. The molecule has 0 unspecified atom stereocenters. The summed E-state index contributed by atoms with van der Waals surface area (Å²) in [6, 6.07) is 10.2. The van der Waals surface area contributed by atoms with Gasteiger partial charge in [0.1, 0.15) is 0 Å².